The van der Waals surface area contributed by atoms with Crippen LogP contribution < -0.4 is 5.73 Å². The number of furan rings is 1. The fourth-order valence-corrected chi connectivity index (χ4v) is 1.93. The molecule has 0 aliphatic rings. The molecule has 0 spiro atoms. The molecule has 2 rings (SSSR count). The minimum Gasteiger partial charge on any atom is -0.464 e. The van der Waals surface area contributed by atoms with E-state index in [-0.39, 0.29) is 6.10 Å². The van der Waals surface area contributed by atoms with Crippen molar-refractivity contribution in [3.8, 4) is 0 Å². The van der Waals surface area contributed by atoms with Gasteiger partial charge in [-0.2, -0.15) is 0 Å². The average Bonchev–Trinajstić information content (AvgIpc) is 2.79. The monoisotopic (exact) mass is 309 g/mol. The number of halogens is 1. The maximum absolute atomic E-state index is 5.78. The summed E-state index contributed by atoms with van der Waals surface area (Å²) in [6.45, 7) is 2.84. The van der Waals surface area contributed by atoms with E-state index in [1.54, 1.807) is 0 Å². The Hall–Kier alpha value is -1.10. The zero-order valence-electron chi connectivity index (χ0n) is 10.2. The maximum Gasteiger partial charge on any atom is 0.134 e. The highest BCUT2D eigenvalue weighted by molar-refractivity contribution is 9.10. The highest BCUT2D eigenvalue weighted by Gasteiger charge is 2.13. The van der Waals surface area contributed by atoms with E-state index in [9.17, 15) is 0 Å². The lowest BCUT2D eigenvalue weighted by atomic mass is 10.2. The highest BCUT2D eigenvalue weighted by Crippen LogP contribution is 2.21. The highest BCUT2D eigenvalue weighted by atomic mass is 79.9. The summed E-state index contributed by atoms with van der Waals surface area (Å²) < 4.78 is 12.4. The van der Waals surface area contributed by atoms with Crippen molar-refractivity contribution in [1.82, 2.24) is 0 Å². The summed E-state index contributed by atoms with van der Waals surface area (Å²) in [5.74, 6) is 1.66. The van der Waals surface area contributed by atoms with Crippen LogP contribution in [0, 0.1) is 6.92 Å². The van der Waals surface area contributed by atoms with Gasteiger partial charge in [0.05, 0.1) is 6.61 Å². The van der Waals surface area contributed by atoms with Crippen molar-refractivity contribution >= 4 is 15.9 Å². The molecule has 2 N–H and O–H groups in total. The number of rotatable bonds is 5. The van der Waals surface area contributed by atoms with Gasteiger partial charge in [0, 0.05) is 11.0 Å². The van der Waals surface area contributed by atoms with E-state index >= 15 is 0 Å². The third kappa shape index (κ3) is 3.45. The molecule has 4 heteroatoms. The summed E-state index contributed by atoms with van der Waals surface area (Å²) in [6, 6.07) is 11.9. The molecule has 1 aromatic heterocycles. The Morgan fingerprint density at radius 2 is 1.94 bits per heavy atom. The van der Waals surface area contributed by atoms with Gasteiger partial charge in [0.1, 0.15) is 17.6 Å². The third-order valence-corrected chi connectivity index (χ3v) is 3.19. The second kappa shape index (κ2) is 6.18. The molecule has 0 saturated heterocycles. The van der Waals surface area contributed by atoms with Gasteiger partial charge in [0.2, 0.25) is 0 Å². The van der Waals surface area contributed by atoms with Gasteiger partial charge in [-0.25, -0.2) is 0 Å². The normalized spacial score (nSPS) is 12.6. The van der Waals surface area contributed by atoms with Gasteiger partial charge in [0.25, 0.3) is 0 Å². The molecule has 0 aliphatic carbocycles. The van der Waals surface area contributed by atoms with E-state index in [1.165, 1.54) is 0 Å². The Morgan fingerprint density at radius 3 is 2.50 bits per heavy atom. The summed E-state index contributed by atoms with van der Waals surface area (Å²) in [6.07, 6.45) is -0.192. The lowest BCUT2D eigenvalue weighted by Gasteiger charge is -2.13. The van der Waals surface area contributed by atoms with Crippen molar-refractivity contribution in [3.05, 3.63) is 58.0 Å². The van der Waals surface area contributed by atoms with E-state index in [0.29, 0.717) is 13.2 Å². The smallest absolute Gasteiger partial charge is 0.134 e. The Kier molecular flexibility index (Phi) is 4.58. The molecule has 1 atom stereocenters. The third-order valence-electron chi connectivity index (χ3n) is 2.66. The predicted octanol–water partition coefficient (Wildman–Crippen LogP) is 3.57. The van der Waals surface area contributed by atoms with E-state index < -0.39 is 0 Å². The zero-order chi connectivity index (χ0) is 13.0. The maximum atomic E-state index is 5.78. The van der Waals surface area contributed by atoms with Crippen LogP contribution in [0.4, 0.5) is 0 Å². The molecule has 0 aliphatic heterocycles. The summed E-state index contributed by atoms with van der Waals surface area (Å²) in [7, 11) is 0. The fourth-order valence-electron chi connectivity index (χ4n) is 1.67. The first-order valence-corrected chi connectivity index (χ1v) is 6.61. The molecule has 96 valence electrons. The number of hydrogen-bond donors (Lipinski definition) is 1. The second-order valence-corrected chi connectivity index (χ2v) is 5.03. The molecular weight excluding hydrogens is 294 g/mol. The van der Waals surface area contributed by atoms with Crippen LogP contribution in [0.5, 0.6) is 0 Å². The molecule has 1 aromatic carbocycles. The molecule has 0 radical (unpaired) electrons. The Balaban J connectivity index is 1.97. The van der Waals surface area contributed by atoms with Crippen LogP contribution in [-0.4, -0.2) is 6.54 Å². The van der Waals surface area contributed by atoms with Crippen molar-refractivity contribution in [2.75, 3.05) is 6.54 Å². The van der Waals surface area contributed by atoms with Crippen molar-refractivity contribution in [2.24, 2.45) is 5.73 Å². The number of nitrogens with two attached hydrogens (primary N) is 1. The van der Waals surface area contributed by atoms with Crippen LogP contribution in [0.25, 0.3) is 0 Å². The minimum atomic E-state index is -0.192. The Labute approximate surface area is 115 Å². The fraction of sp³-hybridized carbons (Fsp3) is 0.286. The topological polar surface area (TPSA) is 48.4 Å². The molecule has 1 unspecified atom stereocenters. The minimum absolute atomic E-state index is 0.192. The molecule has 18 heavy (non-hydrogen) atoms. The lowest BCUT2D eigenvalue weighted by Crippen LogP contribution is -2.15. The van der Waals surface area contributed by atoms with Crippen LogP contribution in [-0.2, 0) is 11.3 Å². The van der Waals surface area contributed by atoms with E-state index in [2.05, 4.69) is 15.9 Å². The Morgan fingerprint density at radius 1 is 1.22 bits per heavy atom. The molecule has 0 bridgehead atoms. The van der Waals surface area contributed by atoms with Gasteiger partial charge in [-0.1, -0.05) is 28.1 Å². The van der Waals surface area contributed by atoms with Crippen molar-refractivity contribution in [3.63, 3.8) is 0 Å². The first-order chi connectivity index (χ1) is 8.69. The molecule has 0 amide bonds. The zero-order valence-corrected chi connectivity index (χ0v) is 11.8. The van der Waals surface area contributed by atoms with E-state index in [4.69, 9.17) is 14.9 Å². The number of hydrogen-bond acceptors (Lipinski definition) is 3. The van der Waals surface area contributed by atoms with Crippen LogP contribution in [0.2, 0.25) is 0 Å². The van der Waals surface area contributed by atoms with Gasteiger partial charge < -0.3 is 14.9 Å². The van der Waals surface area contributed by atoms with Crippen LogP contribution in [0.3, 0.4) is 0 Å². The van der Waals surface area contributed by atoms with Gasteiger partial charge >= 0.3 is 0 Å². The molecule has 1 heterocycles. The Bertz CT molecular complexity index is 493. The molecule has 0 fully saturated rings. The lowest BCUT2D eigenvalue weighted by molar-refractivity contribution is 0.0309. The predicted molar refractivity (Wildman–Crippen MR) is 74.2 cm³/mol. The number of benzene rings is 1. The van der Waals surface area contributed by atoms with Crippen molar-refractivity contribution in [2.45, 2.75) is 19.6 Å². The van der Waals surface area contributed by atoms with Crippen LogP contribution in [0.15, 0.2) is 45.3 Å². The molecular formula is C14H16BrNO2. The second-order valence-electron chi connectivity index (χ2n) is 4.11. The van der Waals surface area contributed by atoms with Crippen LogP contribution in [0.1, 0.15) is 23.2 Å². The first-order valence-electron chi connectivity index (χ1n) is 5.81. The summed E-state index contributed by atoms with van der Waals surface area (Å²) >= 11 is 3.40. The van der Waals surface area contributed by atoms with Gasteiger partial charge in [-0.3, -0.25) is 0 Å². The van der Waals surface area contributed by atoms with E-state index in [0.717, 1.165) is 21.6 Å². The molecule has 0 saturated carbocycles. The summed E-state index contributed by atoms with van der Waals surface area (Å²) in [5, 5.41) is 0. The quantitative estimate of drug-likeness (QED) is 0.918. The first kappa shape index (κ1) is 13.3. The van der Waals surface area contributed by atoms with Crippen molar-refractivity contribution < 1.29 is 9.15 Å². The molecule has 3 nitrogen and oxygen atoms in total. The molecule has 2 aromatic rings. The standard InChI is InChI=1S/C14H16BrNO2/c1-10-2-7-13(18-10)14(8-16)17-9-11-3-5-12(15)6-4-11/h2-7,14H,8-9,16H2,1H3. The van der Waals surface area contributed by atoms with Gasteiger partial charge in [-0.05, 0) is 36.8 Å². The van der Waals surface area contributed by atoms with Crippen molar-refractivity contribution in [1.29, 1.82) is 0 Å². The SMILES string of the molecule is Cc1ccc(C(CN)OCc2ccc(Br)cc2)o1. The largest absolute Gasteiger partial charge is 0.464 e. The summed E-state index contributed by atoms with van der Waals surface area (Å²) in [5.41, 5.74) is 6.82. The number of ether oxygens (including phenoxy) is 1. The van der Waals surface area contributed by atoms with Gasteiger partial charge in [-0.15, -0.1) is 0 Å². The summed E-state index contributed by atoms with van der Waals surface area (Å²) in [4.78, 5) is 0. The number of aryl methyl sites for hydroxylation is 1. The average molecular weight is 310 g/mol. The van der Waals surface area contributed by atoms with Crippen LogP contribution >= 0.6 is 15.9 Å². The van der Waals surface area contributed by atoms with E-state index in [1.807, 2.05) is 43.3 Å². The van der Waals surface area contributed by atoms with Gasteiger partial charge in [0.15, 0.2) is 0 Å².